The van der Waals surface area contributed by atoms with Crippen molar-refractivity contribution in [3.63, 3.8) is 0 Å². The van der Waals surface area contributed by atoms with Crippen LogP contribution in [0.15, 0.2) is 18.5 Å². The third-order valence-corrected chi connectivity index (χ3v) is 1.28. The van der Waals surface area contributed by atoms with Crippen molar-refractivity contribution in [3.05, 3.63) is 18.5 Å². The Balaban J connectivity index is 2.76. The van der Waals surface area contributed by atoms with E-state index in [-0.39, 0.29) is 0 Å². The molecule has 0 aromatic carbocycles. The zero-order chi connectivity index (χ0) is 5.11. The minimum absolute atomic E-state index is 0.772. The Labute approximate surface area is 45.0 Å². The predicted octanol–water partition coefficient (Wildman–Crippen LogP) is -0.326. The topological polar surface area (TPSA) is 25.0 Å². The maximum Gasteiger partial charge on any atom is 0.204 e. The summed E-state index contributed by atoms with van der Waals surface area (Å²) in [5.41, 5.74) is 0. The summed E-state index contributed by atoms with van der Waals surface area (Å²) in [6, 6.07) is 1.90. The van der Waals surface area contributed by atoms with Crippen LogP contribution in [0.25, 0.3) is 0 Å². The van der Waals surface area contributed by atoms with Gasteiger partial charge in [-0.25, -0.2) is 0 Å². The highest BCUT2D eigenvalue weighted by Crippen LogP contribution is 2.03. The average molecular weight is 113 g/mol. The van der Waals surface area contributed by atoms with Gasteiger partial charge in [0.05, 0.1) is 0 Å². The average Bonchev–Trinajstić information content (AvgIpc) is 2.14. The predicted molar refractivity (Wildman–Crippen MR) is 31.4 cm³/mol. The van der Waals surface area contributed by atoms with Crippen LogP contribution in [-0.4, -0.2) is 15.5 Å². The zero-order valence-electron chi connectivity index (χ0n) is 4.14. The molecule has 0 amide bonds. The number of hydrogen-bond donors (Lipinski definition) is 1. The van der Waals surface area contributed by atoms with Gasteiger partial charge in [0.2, 0.25) is 10.5 Å². The van der Waals surface area contributed by atoms with Crippen molar-refractivity contribution in [3.8, 4) is 5.75 Å². The molecule has 0 aliphatic rings. The standard InChI is InChI=1S/C4H7NOSi/c7-6-4-1-2-5-3-4/h1-3,5H,7H3. The number of rotatable bonds is 1. The lowest BCUT2D eigenvalue weighted by molar-refractivity contribution is 0.617. The summed E-state index contributed by atoms with van der Waals surface area (Å²) in [6.07, 6.45) is 3.67. The molecule has 0 aliphatic heterocycles. The molecule has 1 heterocycles. The summed E-state index contributed by atoms with van der Waals surface area (Å²) in [7, 11) is 0.772. The van der Waals surface area contributed by atoms with Crippen LogP contribution in [-0.2, 0) is 0 Å². The summed E-state index contributed by atoms with van der Waals surface area (Å²) >= 11 is 0. The highest BCUT2D eigenvalue weighted by Gasteiger charge is 1.81. The molecule has 2 nitrogen and oxygen atoms in total. The fourth-order valence-corrected chi connectivity index (χ4v) is 0.690. The van der Waals surface area contributed by atoms with Crippen molar-refractivity contribution in [2.45, 2.75) is 0 Å². The van der Waals surface area contributed by atoms with Crippen LogP contribution in [0, 0.1) is 0 Å². The van der Waals surface area contributed by atoms with Crippen molar-refractivity contribution in [1.29, 1.82) is 0 Å². The van der Waals surface area contributed by atoms with Gasteiger partial charge in [-0.1, -0.05) is 0 Å². The van der Waals surface area contributed by atoms with Crippen LogP contribution in [0.5, 0.6) is 5.75 Å². The monoisotopic (exact) mass is 113 g/mol. The third kappa shape index (κ3) is 0.836. The lowest BCUT2D eigenvalue weighted by Gasteiger charge is -1.88. The SMILES string of the molecule is [SiH3]Oc1cc[nH]c1. The molecule has 38 valence electrons. The molecule has 0 bridgehead atoms. The van der Waals surface area contributed by atoms with E-state index in [1.165, 1.54) is 0 Å². The molecule has 1 rings (SSSR count). The van der Waals surface area contributed by atoms with Gasteiger partial charge < -0.3 is 9.41 Å². The summed E-state index contributed by atoms with van der Waals surface area (Å²) in [5, 5.41) is 0. The van der Waals surface area contributed by atoms with E-state index >= 15 is 0 Å². The molecular formula is C4H7NOSi. The Morgan fingerprint density at radius 1 is 1.71 bits per heavy atom. The smallest absolute Gasteiger partial charge is 0.204 e. The number of H-pyrrole nitrogens is 1. The first-order valence-electron chi connectivity index (χ1n) is 2.10. The van der Waals surface area contributed by atoms with Crippen molar-refractivity contribution in [2.75, 3.05) is 0 Å². The van der Waals surface area contributed by atoms with Gasteiger partial charge in [0.15, 0.2) is 0 Å². The Morgan fingerprint density at radius 3 is 2.86 bits per heavy atom. The quantitative estimate of drug-likeness (QED) is 0.496. The number of aromatic amines is 1. The van der Waals surface area contributed by atoms with Crippen LogP contribution in [0.2, 0.25) is 0 Å². The van der Waals surface area contributed by atoms with Crippen molar-refractivity contribution >= 4 is 10.5 Å². The van der Waals surface area contributed by atoms with Crippen molar-refractivity contribution in [2.24, 2.45) is 0 Å². The fourth-order valence-electron chi connectivity index (χ4n) is 0.436. The molecular weight excluding hydrogens is 106 g/mol. The van der Waals surface area contributed by atoms with E-state index < -0.39 is 0 Å². The zero-order valence-corrected chi connectivity index (χ0v) is 6.14. The maximum atomic E-state index is 4.96. The van der Waals surface area contributed by atoms with Crippen LogP contribution < -0.4 is 4.43 Å². The highest BCUT2D eigenvalue weighted by atomic mass is 28.2. The Kier molecular flexibility index (Phi) is 1.17. The van der Waals surface area contributed by atoms with Crippen LogP contribution in [0.1, 0.15) is 0 Å². The lowest BCUT2D eigenvalue weighted by atomic mass is 10.6. The lowest BCUT2D eigenvalue weighted by Crippen LogP contribution is -1.78. The summed E-state index contributed by atoms with van der Waals surface area (Å²) < 4.78 is 4.96. The number of hydrogen-bond acceptors (Lipinski definition) is 1. The summed E-state index contributed by atoms with van der Waals surface area (Å²) in [4.78, 5) is 2.88. The molecule has 0 spiro atoms. The second kappa shape index (κ2) is 1.84. The van der Waals surface area contributed by atoms with Gasteiger partial charge in [-0.05, 0) is 6.07 Å². The molecule has 3 heteroatoms. The molecule has 0 saturated carbocycles. The fraction of sp³-hybridized carbons (Fsp3) is 0. The second-order valence-corrected chi connectivity index (χ2v) is 1.66. The number of aromatic nitrogens is 1. The van der Waals surface area contributed by atoms with E-state index in [2.05, 4.69) is 4.98 Å². The van der Waals surface area contributed by atoms with Crippen LogP contribution in [0.4, 0.5) is 0 Å². The van der Waals surface area contributed by atoms with Gasteiger partial charge >= 0.3 is 0 Å². The van der Waals surface area contributed by atoms with Gasteiger partial charge in [-0.15, -0.1) is 0 Å². The van der Waals surface area contributed by atoms with Gasteiger partial charge in [-0.2, -0.15) is 0 Å². The first-order valence-corrected chi connectivity index (χ1v) is 2.92. The highest BCUT2D eigenvalue weighted by molar-refractivity contribution is 5.99. The van der Waals surface area contributed by atoms with E-state index in [4.69, 9.17) is 4.43 Å². The van der Waals surface area contributed by atoms with Crippen LogP contribution in [0.3, 0.4) is 0 Å². The first-order chi connectivity index (χ1) is 3.43. The van der Waals surface area contributed by atoms with E-state index in [9.17, 15) is 0 Å². The largest absolute Gasteiger partial charge is 0.552 e. The van der Waals surface area contributed by atoms with Gasteiger partial charge in [0.25, 0.3) is 0 Å². The van der Waals surface area contributed by atoms with E-state index in [0.29, 0.717) is 0 Å². The van der Waals surface area contributed by atoms with Gasteiger partial charge in [-0.3, -0.25) is 0 Å². The van der Waals surface area contributed by atoms with Crippen LogP contribution >= 0.6 is 0 Å². The van der Waals surface area contributed by atoms with Gasteiger partial charge in [0, 0.05) is 12.4 Å². The minimum atomic E-state index is 0.772. The van der Waals surface area contributed by atoms with Crippen molar-refractivity contribution in [1.82, 2.24) is 4.98 Å². The molecule has 0 radical (unpaired) electrons. The molecule has 0 fully saturated rings. The molecule has 0 atom stereocenters. The molecule has 0 aliphatic carbocycles. The Bertz CT molecular complexity index is 126. The van der Waals surface area contributed by atoms with E-state index in [1.54, 1.807) is 0 Å². The summed E-state index contributed by atoms with van der Waals surface area (Å²) in [6.45, 7) is 0. The Hall–Kier alpha value is -0.703. The maximum absolute atomic E-state index is 4.96. The first kappa shape index (κ1) is 4.46. The molecule has 1 N–H and O–H groups in total. The molecule has 0 saturated heterocycles. The molecule has 1 aromatic rings. The summed E-state index contributed by atoms with van der Waals surface area (Å²) in [5.74, 6) is 0.937. The van der Waals surface area contributed by atoms with Crippen molar-refractivity contribution < 1.29 is 4.43 Å². The normalized spacial score (nSPS) is 9.14. The van der Waals surface area contributed by atoms with E-state index in [0.717, 1.165) is 16.2 Å². The molecule has 7 heavy (non-hydrogen) atoms. The minimum Gasteiger partial charge on any atom is -0.552 e. The molecule has 0 unspecified atom stereocenters. The number of nitrogens with one attached hydrogen (secondary N) is 1. The second-order valence-electron chi connectivity index (χ2n) is 1.25. The molecule has 1 aromatic heterocycles. The third-order valence-electron chi connectivity index (χ3n) is 0.805. The Morgan fingerprint density at radius 2 is 2.57 bits per heavy atom. The van der Waals surface area contributed by atoms with E-state index in [1.807, 2.05) is 18.5 Å². The van der Waals surface area contributed by atoms with Gasteiger partial charge in [0.1, 0.15) is 5.75 Å².